The van der Waals surface area contributed by atoms with E-state index in [0.29, 0.717) is 0 Å². The van der Waals surface area contributed by atoms with E-state index < -0.39 is 11.9 Å². The summed E-state index contributed by atoms with van der Waals surface area (Å²) < 4.78 is 0. The molecule has 4 aromatic rings. The van der Waals surface area contributed by atoms with Gasteiger partial charge in [0, 0.05) is 0 Å². The van der Waals surface area contributed by atoms with Crippen LogP contribution in [0.1, 0.15) is 59.3 Å². The Balaban J connectivity index is 0.000000147. The number of rotatable bonds is 2. The lowest BCUT2D eigenvalue weighted by molar-refractivity contribution is -0.159. The number of aryl methyl sites for hydroxylation is 2. The number of benzene rings is 2. The summed E-state index contributed by atoms with van der Waals surface area (Å²) in [5, 5.41) is 14.8. The van der Waals surface area contributed by atoms with Crippen molar-refractivity contribution in [2.75, 3.05) is 0 Å². The van der Waals surface area contributed by atoms with Gasteiger partial charge in [-0.05, 0) is 84.1 Å². The fraction of sp³-hybridized carbons (Fsp3) is 0.200. The number of carbonyl (C=O) groups is 2. The fourth-order valence-corrected chi connectivity index (χ4v) is 4.68. The molecule has 8 heteroatoms. The van der Waals surface area contributed by atoms with Gasteiger partial charge in [-0.1, -0.05) is 48.5 Å². The number of imidazole rings is 2. The summed E-state index contributed by atoms with van der Waals surface area (Å²) in [5.41, 5.74) is 10.8. The van der Waals surface area contributed by atoms with Gasteiger partial charge in [0.2, 0.25) is 0 Å². The number of carboxylic acids is 2. The summed E-state index contributed by atoms with van der Waals surface area (Å²) in [6, 6.07) is 17.4. The Bertz CT molecular complexity index is 1310. The van der Waals surface area contributed by atoms with Crippen LogP contribution in [0, 0.1) is 0 Å². The highest BCUT2D eigenvalue weighted by Gasteiger charge is 2.14. The van der Waals surface area contributed by atoms with Crippen molar-refractivity contribution in [1.82, 2.24) is 19.9 Å². The monoisotopic (exact) mass is 510 g/mol. The van der Waals surface area contributed by atoms with Crippen molar-refractivity contribution < 1.29 is 19.8 Å². The number of carboxylic acid groups (broad SMARTS) is 2. The molecule has 6 rings (SSSR count). The number of hydrogen-bond donors (Lipinski definition) is 4. The molecule has 8 nitrogen and oxygen atoms in total. The Kier molecular flexibility index (Phi) is 9.02. The molecule has 38 heavy (non-hydrogen) atoms. The molecule has 2 heterocycles. The van der Waals surface area contributed by atoms with Gasteiger partial charge in [-0.2, -0.15) is 0 Å². The van der Waals surface area contributed by atoms with Crippen LogP contribution < -0.4 is 0 Å². The Morgan fingerprint density at radius 1 is 0.658 bits per heavy atom. The van der Waals surface area contributed by atoms with Crippen LogP contribution in [0.2, 0.25) is 0 Å². The zero-order valence-corrected chi connectivity index (χ0v) is 20.9. The lowest BCUT2D eigenvalue weighted by Gasteiger charge is -2.18. The highest BCUT2D eigenvalue weighted by atomic mass is 16.4. The Labute approximate surface area is 220 Å². The van der Waals surface area contributed by atoms with E-state index in [2.05, 4.69) is 80.6 Å². The molecule has 0 atom stereocenters. The summed E-state index contributed by atoms with van der Waals surface area (Å²) in [4.78, 5) is 32.5. The average Bonchev–Trinajstić information content (AvgIpc) is 3.65. The van der Waals surface area contributed by atoms with E-state index in [1.807, 2.05) is 12.4 Å². The van der Waals surface area contributed by atoms with E-state index in [1.54, 1.807) is 12.7 Å². The predicted molar refractivity (Wildman–Crippen MR) is 147 cm³/mol. The van der Waals surface area contributed by atoms with Gasteiger partial charge in [0.1, 0.15) is 0 Å². The van der Waals surface area contributed by atoms with Crippen molar-refractivity contribution in [2.24, 2.45) is 0 Å². The van der Waals surface area contributed by atoms with Gasteiger partial charge in [0.05, 0.1) is 36.4 Å². The zero-order chi connectivity index (χ0) is 26.7. The summed E-state index contributed by atoms with van der Waals surface area (Å²) in [7, 11) is 0. The third-order valence-corrected chi connectivity index (χ3v) is 6.39. The molecule has 0 saturated carbocycles. The van der Waals surface area contributed by atoms with Crippen LogP contribution >= 0.6 is 0 Å². The first-order valence-electron chi connectivity index (χ1n) is 12.5. The minimum atomic E-state index is -1.82. The number of fused-ring (bicyclic) bond motifs is 2. The smallest absolute Gasteiger partial charge is 0.414 e. The van der Waals surface area contributed by atoms with Crippen LogP contribution in [0.3, 0.4) is 0 Å². The van der Waals surface area contributed by atoms with E-state index in [9.17, 15) is 0 Å². The highest BCUT2D eigenvalue weighted by molar-refractivity contribution is 6.27. The number of H-pyrrole nitrogens is 2. The number of nitrogens with zero attached hydrogens (tertiary/aromatic N) is 2. The topological polar surface area (TPSA) is 132 Å². The van der Waals surface area contributed by atoms with Crippen molar-refractivity contribution in [2.45, 2.75) is 38.5 Å². The third kappa shape index (κ3) is 7.16. The summed E-state index contributed by atoms with van der Waals surface area (Å²) >= 11 is 0. The first-order chi connectivity index (χ1) is 18.5. The van der Waals surface area contributed by atoms with Gasteiger partial charge < -0.3 is 20.2 Å². The summed E-state index contributed by atoms with van der Waals surface area (Å²) in [6.07, 6.45) is 18.8. The largest absolute Gasteiger partial charge is 0.473 e. The van der Waals surface area contributed by atoms with Crippen LogP contribution in [0.5, 0.6) is 0 Å². The molecule has 2 aliphatic rings. The van der Waals surface area contributed by atoms with Crippen LogP contribution in [0.25, 0.3) is 23.3 Å². The molecule has 0 spiro atoms. The van der Waals surface area contributed by atoms with Gasteiger partial charge in [-0.15, -0.1) is 0 Å². The molecule has 0 fully saturated rings. The van der Waals surface area contributed by atoms with Gasteiger partial charge >= 0.3 is 11.9 Å². The standard InChI is InChI=1S/2C14H14N2.C2H2O4/c2*1-2-7-14-11(4-1)5-3-6-12(14)8-13-9-15-10-16-13;3-1(4)2(5)6/h2*1-2,4,7-10H,3,5-6H2,(H,15,16);(H,3,4)(H,5,6). The van der Waals surface area contributed by atoms with E-state index in [1.165, 1.54) is 59.1 Å². The molecule has 194 valence electrons. The van der Waals surface area contributed by atoms with Gasteiger partial charge in [-0.3, -0.25) is 0 Å². The zero-order valence-electron chi connectivity index (χ0n) is 20.9. The molecule has 4 N–H and O–H groups in total. The SMILES string of the molecule is C(=C1CCCc2ccccc21)c1cnc[nH]1.C(=C1CCCc2ccccc21)c1cnc[nH]1.O=C(O)C(=O)O. The maximum absolute atomic E-state index is 9.10. The van der Waals surface area contributed by atoms with Crippen molar-refractivity contribution in [3.63, 3.8) is 0 Å². The first kappa shape index (κ1) is 26.3. The molecule has 2 aromatic heterocycles. The lowest BCUT2D eigenvalue weighted by Crippen LogP contribution is -2.09. The molecule has 0 aliphatic heterocycles. The van der Waals surface area contributed by atoms with Crippen LogP contribution in [-0.4, -0.2) is 42.1 Å². The minimum Gasteiger partial charge on any atom is -0.473 e. The maximum atomic E-state index is 9.10. The van der Waals surface area contributed by atoms with Crippen molar-refractivity contribution in [3.8, 4) is 0 Å². The molecule has 0 unspecified atom stereocenters. The molecule has 0 radical (unpaired) electrons. The quantitative estimate of drug-likeness (QED) is 0.255. The molecule has 0 bridgehead atoms. The molecule has 2 aromatic carbocycles. The number of nitrogens with one attached hydrogen (secondary N) is 2. The predicted octanol–water partition coefficient (Wildman–Crippen LogP) is 5.73. The molecular weight excluding hydrogens is 480 g/mol. The maximum Gasteiger partial charge on any atom is 0.414 e. The lowest BCUT2D eigenvalue weighted by atomic mass is 9.87. The number of aromatic amines is 2. The Morgan fingerprint density at radius 2 is 1.08 bits per heavy atom. The third-order valence-electron chi connectivity index (χ3n) is 6.39. The van der Waals surface area contributed by atoms with E-state index >= 15 is 0 Å². The molecular formula is C30H30N4O4. The fourth-order valence-electron chi connectivity index (χ4n) is 4.68. The van der Waals surface area contributed by atoms with Gasteiger partial charge in [-0.25, -0.2) is 19.6 Å². The van der Waals surface area contributed by atoms with Crippen LogP contribution in [0.4, 0.5) is 0 Å². The van der Waals surface area contributed by atoms with E-state index in [4.69, 9.17) is 19.8 Å². The molecule has 2 aliphatic carbocycles. The first-order valence-corrected chi connectivity index (χ1v) is 12.5. The minimum absolute atomic E-state index is 1.09. The van der Waals surface area contributed by atoms with Crippen LogP contribution in [0.15, 0.2) is 73.6 Å². The number of allylic oxidation sites excluding steroid dienone is 2. The highest BCUT2D eigenvalue weighted by Crippen LogP contribution is 2.32. The van der Waals surface area contributed by atoms with E-state index in [-0.39, 0.29) is 0 Å². The Morgan fingerprint density at radius 3 is 1.45 bits per heavy atom. The Hall–Kier alpha value is -4.72. The normalized spacial score (nSPS) is 15.8. The van der Waals surface area contributed by atoms with Crippen LogP contribution in [-0.2, 0) is 22.4 Å². The van der Waals surface area contributed by atoms with Gasteiger partial charge in [0.25, 0.3) is 0 Å². The van der Waals surface area contributed by atoms with Crippen molar-refractivity contribution in [3.05, 3.63) is 107 Å². The second-order valence-electron chi connectivity index (χ2n) is 8.98. The molecule has 0 amide bonds. The van der Waals surface area contributed by atoms with Crippen molar-refractivity contribution >= 4 is 35.2 Å². The molecule has 0 saturated heterocycles. The number of aromatic nitrogens is 4. The second-order valence-corrected chi connectivity index (χ2v) is 8.98. The van der Waals surface area contributed by atoms with Crippen molar-refractivity contribution in [1.29, 1.82) is 0 Å². The second kappa shape index (κ2) is 13.0. The van der Waals surface area contributed by atoms with Gasteiger partial charge in [0.15, 0.2) is 0 Å². The van der Waals surface area contributed by atoms with E-state index in [0.717, 1.165) is 24.2 Å². The average molecular weight is 511 g/mol. The summed E-state index contributed by atoms with van der Waals surface area (Å²) in [5.74, 6) is -3.65. The number of hydrogen-bond acceptors (Lipinski definition) is 4. The number of aliphatic carboxylic acids is 2. The summed E-state index contributed by atoms with van der Waals surface area (Å²) in [6.45, 7) is 0.